The zero-order valence-corrected chi connectivity index (χ0v) is 26.2. The average Bonchev–Trinajstić information content (AvgIpc) is 3.70. The Morgan fingerprint density at radius 1 is 1.23 bits per heavy atom. The van der Waals surface area contributed by atoms with Crippen LogP contribution in [0.5, 0.6) is 0 Å². The summed E-state index contributed by atoms with van der Waals surface area (Å²) < 4.78 is 46.5. The van der Waals surface area contributed by atoms with Crippen LogP contribution in [-0.2, 0) is 28.1 Å². The van der Waals surface area contributed by atoms with Gasteiger partial charge in [0.15, 0.2) is 17.4 Å². The van der Waals surface area contributed by atoms with Crippen LogP contribution < -0.4 is 26.4 Å². The van der Waals surface area contributed by atoms with Crippen LogP contribution in [0.1, 0.15) is 13.2 Å². The van der Waals surface area contributed by atoms with E-state index >= 15 is 0 Å². The number of amides is 2. The van der Waals surface area contributed by atoms with Crippen molar-refractivity contribution < 1.29 is 57.3 Å². The number of morpholine rings is 1. The number of halogens is 1. The second-order valence-corrected chi connectivity index (χ2v) is 12.1. The molecule has 3 fully saturated rings. The number of H-pyrrole nitrogens is 1. The second kappa shape index (κ2) is 14.5. The van der Waals surface area contributed by atoms with Crippen LogP contribution in [0.15, 0.2) is 29.3 Å². The molecule has 8 N–H and O–H groups in total. The van der Waals surface area contributed by atoms with Crippen LogP contribution in [-0.4, -0.2) is 122 Å². The van der Waals surface area contributed by atoms with Gasteiger partial charge in [-0.3, -0.25) is 28.6 Å². The Kier molecular flexibility index (Phi) is 10.6. The fourth-order valence-electron chi connectivity index (χ4n) is 5.22. The van der Waals surface area contributed by atoms with Gasteiger partial charge >= 0.3 is 13.9 Å². The minimum Gasteiger partial charge on any atom is -0.442 e. The van der Waals surface area contributed by atoms with Crippen LogP contribution in [0, 0.1) is 5.82 Å². The number of carbonyl (C=O) groups excluding carboxylic acids is 2. The number of phosphoric acid groups is 1. The topological polar surface area (TPSA) is 277 Å². The highest BCUT2D eigenvalue weighted by molar-refractivity contribution is 7.46. The number of aromatic amines is 1. The number of nitrogens with zero attached hydrogens (tertiary/aromatic N) is 5. The fourth-order valence-corrected chi connectivity index (χ4v) is 5.56. The van der Waals surface area contributed by atoms with E-state index in [4.69, 9.17) is 29.7 Å². The number of aliphatic hydroxyl groups excluding tert-OH is 2. The standard InChI is InChI=1S/C16H20FN3O4.C10H14N5O8P/c1-11(21)18-9-13-10-20(16(22)24-13)12-2-3-15(14(17)8-12)19-4-6-23-7-5-19;11-10-13-7-4(8(18)14-10)12-2-15(7)9-6(17)5(16)3(23-9)1-22-24(19,20)21/h2-3,8,13H,4-7,9-10H2,1H3,(H,18,21);2-3,5-6,9,16-17H,1H2,(H2,19,20,21)(H3,11,13,14,18)/t13-;3-,5-,6-,9-/m01/s1. The molecular formula is C26H34FN8O12P. The van der Waals surface area contributed by atoms with E-state index in [0.29, 0.717) is 37.7 Å². The van der Waals surface area contributed by atoms with E-state index in [1.807, 2.05) is 4.90 Å². The van der Waals surface area contributed by atoms with Crippen molar-refractivity contribution in [1.29, 1.82) is 0 Å². The Bertz CT molecular complexity index is 1750. The van der Waals surface area contributed by atoms with Crippen molar-refractivity contribution in [2.75, 3.05) is 61.5 Å². The molecule has 2 amide bonds. The van der Waals surface area contributed by atoms with Crippen molar-refractivity contribution in [1.82, 2.24) is 24.8 Å². The van der Waals surface area contributed by atoms with Gasteiger partial charge in [-0.25, -0.2) is 18.7 Å². The summed E-state index contributed by atoms with van der Waals surface area (Å²) in [5, 5.41) is 22.7. The first-order valence-electron chi connectivity index (χ1n) is 14.5. The Morgan fingerprint density at radius 2 is 1.96 bits per heavy atom. The summed E-state index contributed by atoms with van der Waals surface area (Å²) in [4.78, 5) is 65.3. The molecule has 6 rings (SSSR count). The SMILES string of the molecule is CC(=O)NC[C@H]1CN(c2ccc(N3CCOCC3)c(F)c2)C(=O)O1.Nc1nc2c(ncn2[C@@H]2O[C@H](COP(=O)(O)O)[C@@H](O)[C@H]2O)c(=O)[nH]1. The van der Waals surface area contributed by atoms with Crippen LogP contribution in [0.4, 0.5) is 26.5 Å². The van der Waals surface area contributed by atoms with Crippen molar-refractivity contribution in [2.45, 2.75) is 37.6 Å². The highest BCUT2D eigenvalue weighted by atomic mass is 31.2. The molecule has 0 aliphatic carbocycles. The lowest BCUT2D eigenvalue weighted by molar-refractivity contribution is -0.119. The van der Waals surface area contributed by atoms with Gasteiger partial charge in [0.05, 0.1) is 50.6 Å². The lowest BCUT2D eigenvalue weighted by Crippen LogP contribution is -2.36. The van der Waals surface area contributed by atoms with Crippen molar-refractivity contribution in [3.05, 3.63) is 40.7 Å². The van der Waals surface area contributed by atoms with Crippen molar-refractivity contribution >= 4 is 48.3 Å². The van der Waals surface area contributed by atoms with E-state index in [2.05, 4.69) is 24.8 Å². The Morgan fingerprint density at radius 3 is 2.62 bits per heavy atom. The zero-order valence-electron chi connectivity index (χ0n) is 25.3. The first-order valence-corrected chi connectivity index (χ1v) is 16.0. The van der Waals surface area contributed by atoms with Crippen molar-refractivity contribution in [2.24, 2.45) is 0 Å². The van der Waals surface area contributed by atoms with E-state index in [1.54, 1.807) is 12.1 Å². The van der Waals surface area contributed by atoms with E-state index in [0.717, 1.165) is 0 Å². The molecule has 2 aromatic heterocycles. The van der Waals surface area contributed by atoms with Crippen molar-refractivity contribution in [3.8, 4) is 0 Å². The molecule has 0 saturated carbocycles. The van der Waals surface area contributed by atoms with Gasteiger partial charge in [-0.1, -0.05) is 0 Å². The fraction of sp³-hybridized carbons (Fsp3) is 0.500. The molecular weight excluding hydrogens is 666 g/mol. The molecule has 0 unspecified atom stereocenters. The van der Waals surface area contributed by atoms with E-state index in [1.165, 1.54) is 28.8 Å². The number of cyclic esters (lactones) is 1. The molecule has 1 aromatic carbocycles. The van der Waals surface area contributed by atoms with E-state index in [-0.39, 0.29) is 41.9 Å². The normalized spacial score (nSPS) is 24.4. The first-order chi connectivity index (χ1) is 22.7. The smallest absolute Gasteiger partial charge is 0.442 e. The Balaban J connectivity index is 0.000000188. The van der Waals surface area contributed by atoms with Gasteiger partial charge in [-0.2, -0.15) is 4.98 Å². The molecule has 22 heteroatoms. The summed E-state index contributed by atoms with van der Waals surface area (Å²) in [6, 6.07) is 4.72. The third kappa shape index (κ3) is 8.08. The number of hydrogen-bond donors (Lipinski definition) is 7. The molecule has 0 radical (unpaired) electrons. The molecule has 5 atom stereocenters. The Hall–Kier alpha value is -4.21. The quantitative estimate of drug-likeness (QED) is 0.132. The number of aliphatic hydroxyl groups is 2. The molecule has 262 valence electrons. The van der Waals surface area contributed by atoms with Gasteiger partial charge in [0.2, 0.25) is 11.9 Å². The van der Waals surface area contributed by atoms with E-state index in [9.17, 15) is 33.6 Å². The number of fused-ring (bicyclic) bond motifs is 1. The summed E-state index contributed by atoms with van der Waals surface area (Å²) >= 11 is 0. The number of aromatic nitrogens is 4. The highest BCUT2D eigenvalue weighted by Crippen LogP contribution is 2.38. The van der Waals surface area contributed by atoms with Crippen LogP contribution >= 0.6 is 7.82 Å². The van der Waals surface area contributed by atoms with Crippen LogP contribution in [0.25, 0.3) is 11.2 Å². The molecule has 48 heavy (non-hydrogen) atoms. The number of rotatable bonds is 8. The number of carbonyl (C=O) groups is 2. The predicted molar refractivity (Wildman–Crippen MR) is 162 cm³/mol. The van der Waals surface area contributed by atoms with Gasteiger partial charge in [0.1, 0.15) is 30.2 Å². The largest absolute Gasteiger partial charge is 0.469 e. The maximum atomic E-state index is 14.4. The summed E-state index contributed by atoms with van der Waals surface area (Å²) in [6.45, 7) is 3.69. The maximum absolute atomic E-state index is 14.4. The molecule has 20 nitrogen and oxygen atoms in total. The number of imidazole rings is 1. The van der Waals surface area contributed by atoms with Crippen molar-refractivity contribution in [3.63, 3.8) is 0 Å². The number of nitrogen functional groups attached to an aromatic ring is 1. The lowest BCUT2D eigenvalue weighted by atomic mass is 10.1. The zero-order chi connectivity index (χ0) is 34.7. The van der Waals surface area contributed by atoms with Gasteiger partial charge < -0.3 is 50.2 Å². The number of nitrogens with one attached hydrogen (secondary N) is 2. The molecule has 3 saturated heterocycles. The average molecular weight is 701 g/mol. The summed E-state index contributed by atoms with van der Waals surface area (Å²) in [5.41, 5.74) is 5.79. The summed E-state index contributed by atoms with van der Waals surface area (Å²) in [5.74, 6) is -0.749. The second-order valence-electron chi connectivity index (χ2n) is 10.9. The molecule has 0 spiro atoms. The van der Waals surface area contributed by atoms with Gasteiger partial charge in [-0.05, 0) is 18.2 Å². The lowest BCUT2D eigenvalue weighted by Gasteiger charge is -2.29. The van der Waals surface area contributed by atoms with E-state index < -0.39 is 56.7 Å². The number of ether oxygens (including phenoxy) is 3. The maximum Gasteiger partial charge on any atom is 0.469 e. The number of anilines is 3. The number of hydrogen-bond acceptors (Lipinski definition) is 14. The first kappa shape index (κ1) is 35.1. The summed E-state index contributed by atoms with van der Waals surface area (Å²) in [7, 11) is -4.76. The van der Waals surface area contributed by atoms with Gasteiger partial charge in [-0.15, -0.1) is 0 Å². The molecule has 3 aliphatic heterocycles. The molecule has 3 aromatic rings. The predicted octanol–water partition coefficient (Wildman–Crippen LogP) is -1.45. The monoisotopic (exact) mass is 700 g/mol. The molecule has 0 bridgehead atoms. The molecule has 5 heterocycles. The number of benzene rings is 1. The molecule has 3 aliphatic rings. The van der Waals surface area contributed by atoms with Gasteiger partial charge in [0, 0.05) is 20.0 Å². The van der Waals surface area contributed by atoms with Crippen LogP contribution in [0.3, 0.4) is 0 Å². The van der Waals surface area contributed by atoms with Gasteiger partial charge in [0.25, 0.3) is 5.56 Å². The summed E-state index contributed by atoms with van der Waals surface area (Å²) in [6.07, 6.45) is -5.20. The highest BCUT2D eigenvalue weighted by Gasteiger charge is 2.45. The van der Waals surface area contributed by atoms with Crippen LogP contribution in [0.2, 0.25) is 0 Å². The Labute approximate surface area is 270 Å². The number of nitrogens with two attached hydrogens (primary N) is 1. The minimum absolute atomic E-state index is 0.0176. The third-order valence-electron chi connectivity index (χ3n) is 7.52. The number of phosphoric ester groups is 1. The third-order valence-corrected chi connectivity index (χ3v) is 8.00. The minimum atomic E-state index is -4.76.